The molecule has 0 N–H and O–H groups in total. The maximum atomic E-state index is 12.1. The number of oxime groups is 1. The molecule has 0 saturated heterocycles. The zero-order chi connectivity index (χ0) is 15.9. The van der Waals surface area contributed by atoms with Gasteiger partial charge in [-0.3, -0.25) is 4.98 Å². The van der Waals surface area contributed by atoms with Gasteiger partial charge in [-0.05, 0) is 31.2 Å². The molecule has 6 heteroatoms. The lowest BCUT2D eigenvalue weighted by Crippen LogP contribution is -2.07. The van der Waals surface area contributed by atoms with Crippen molar-refractivity contribution in [3.05, 3.63) is 53.9 Å². The Hall–Kier alpha value is -2.89. The molecule has 0 aliphatic carbocycles. The van der Waals surface area contributed by atoms with E-state index in [9.17, 15) is 4.79 Å². The van der Waals surface area contributed by atoms with Crippen LogP contribution in [0.3, 0.4) is 0 Å². The van der Waals surface area contributed by atoms with Gasteiger partial charge in [0.1, 0.15) is 11.3 Å². The van der Waals surface area contributed by atoms with Crippen LogP contribution < -0.4 is 9.47 Å². The fourth-order valence-electron chi connectivity index (χ4n) is 1.83. The molecule has 2 rings (SSSR count). The molecule has 0 spiro atoms. The van der Waals surface area contributed by atoms with Crippen molar-refractivity contribution in [1.82, 2.24) is 4.98 Å². The van der Waals surface area contributed by atoms with Crippen LogP contribution >= 0.6 is 0 Å². The van der Waals surface area contributed by atoms with Gasteiger partial charge in [0.05, 0.1) is 19.9 Å². The molecule has 0 unspecified atom stereocenters. The third kappa shape index (κ3) is 3.41. The van der Waals surface area contributed by atoms with Crippen molar-refractivity contribution >= 4 is 11.7 Å². The first kappa shape index (κ1) is 15.5. The summed E-state index contributed by atoms with van der Waals surface area (Å²) < 4.78 is 10.3. The first-order valence-corrected chi connectivity index (χ1v) is 6.55. The van der Waals surface area contributed by atoms with Crippen LogP contribution in [0.15, 0.2) is 47.8 Å². The average Bonchev–Trinajstić information content (AvgIpc) is 2.59. The van der Waals surface area contributed by atoms with Gasteiger partial charge in [0.15, 0.2) is 11.5 Å². The van der Waals surface area contributed by atoms with E-state index in [-0.39, 0.29) is 5.56 Å². The largest absolute Gasteiger partial charge is 0.493 e. The van der Waals surface area contributed by atoms with Crippen molar-refractivity contribution in [2.24, 2.45) is 5.16 Å². The highest BCUT2D eigenvalue weighted by molar-refractivity contribution is 5.98. The molecule has 22 heavy (non-hydrogen) atoms. The van der Waals surface area contributed by atoms with Crippen LogP contribution in [0.4, 0.5) is 0 Å². The number of carbonyl (C=O) groups is 1. The van der Waals surface area contributed by atoms with Crippen LogP contribution in [-0.2, 0) is 4.84 Å². The Bertz CT molecular complexity index is 684. The van der Waals surface area contributed by atoms with Crippen LogP contribution in [0.2, 0.25) is 0 Å². The van der Waals surface area contributed by atoms with E-state index in [2.05, 4.69) is 10.1 Å². The zero-order valence-electron chi connectivity index (χ0n) is 12.6. The molecular weight excluding hydrogens is 284 g/mol. The van der Waals surface area contributed by atoms with E-state index in [4.69, 9.17) is 14.3 Å². The number of rotatable bonds is 5. The molecule has 0 aliphatic heterocycles. The summed E-state index contributed by atoms with van der Waals surface area (Å²) in [6, 6.07) is 10.3. The molecule has 0 aliphatic rings. The van der Waals surface area contributed by atoms with Gasteiger partial charge in [-0.1, -0.05) is 17.3 Å². The third-order valence-corrected chi connectivity index (χ3v) is 2.92. The van der Waals surface area contributed by atoms with E-state index in [0.29, 0.717) is 22.9 Å². The molecule has 0 radical (unpaired) electrons. The van der Waals surface area contributed by atoms with Crippen molar-refractivity contribution in [3.8, 4) is 11.5 Å². The van der Waals surface area contributed by atoms with Crippen LogP contribution in [0.25, 0.3) is 0 Å². The SMILES string of the molecule is COc1cccc(C(=O)O/N=C(\C)c2ccccn2)c1OC. The predicted molar refractivity (Wildman–Crippen MR) is 81.4 cm³/mol. The van der Waals surface area contributed by atoms with Crippen molar-refractivity contribution < 1.29 is 19.1 Å². The lowest BCUT2D eigenvalue weighted by Gasteiger charge is -2.10. The number of nitrogens with zero attached hydrogens (tertiary/aromatic N) is 2. The molecule has 0 saturated carbocycles. The Morgan fingerprint density at radius 2 is 1.91 bits per heavy atom. The highest BCUT2D eigenvalue weighted by atomic mass is 16.7. The van der Waals surface area contributed by atoms with Gasteiger partial charge < -0.3 is 14.3 Å². The Morgan fingerprint density at radius 1 is 1.09 bits per heavy atom. The average molecular weight is 300 g/mol. The molecule has 1 aromatic carbocycles. The number of hydrogen-bond donors (Lipinski definition) is 0. The second kappa shape index (κ2) is 7.21. The summed E-state index contributed by atoms with van der Waals surface area (Å²) in [6.45, 7) is 1.71. The number of aromatic nitrogens is 1. The van der Waals surface area contributed by atoms with E-state index in [0.717, 1.165) is 0 Å². The summed E-state index contributed by atoms with van der Waals surface area (Å²) in [5, 5.41) is 3.81. The standard InChI is InChI=1S/C16H16N2O4/c1-11(13-8-4-5-10-17-13)18-22-16(19)12-7-6-9-14(20-2)15(12)21-3/h4-10H,1-3H3/b18-11+. The molecule has 0 fully saturated rings. The number of methoxy groups -OCH3 is 2. The summed E-state index contributed by atoms with van der Waals surface area (Å²) in [4.78, 5) is 21.2. The number of benzene rings is 1. The van der Waals surface area contributed by atoms with E-state index in [1.54, 1.807) is 43.5 Å². The summed E-state index contributed by atoms with van der Waals surface area (Å²) in [7, 11) is 2.95. The van der Waals surface area contributed by atoms with Gasteiger partial charge in [0.2, 0.25) is 0 Å². The highest BCUT2D eigenvalue weighted by Crippen LogP contribution is 2.31. The molecule has 1 aromatic heterocycles. The Labute approximate surface area is 128 Å². The summed E-state index contributed by atoms with van der Waals surface area (Å²) >= 11 is 0. The first-order valence-electron chi connectivity index (χ1n) is 6.55. The van der Waals surface area contributed by atoms with Crippen molar-refractivity contribution in [2.45, 2.75) is 6.92 Å². The van der Waals surface area contributed by atoms with Gasteiger partial charge in [0, 0.05) is 6.20 Å². The van der Waals surface area contributed by atoms with Crippen LogP contribution in [-0.4, -0.2) is 30.9 Å². The van der Waals surface area contributed by atoms with Crippen LogP contribution in [0, 0.1) is 0 Å². The first-order chi connectivity index (χ1) is 10.7. The molecule has 2 aromatic rings. The van der Waals surface area contributed by atoms with Gasteiger partial charge in [-0.15, -0.1) is 0 Å². The van der Waals surface area contributed by atoms with Gasteiger partial charge in [-0.25, -0.2) is 4.79 Å². The smallest absolute Gasteiger partial charge is 0.369 e. The minimum Gasteiger partial charge on any atom is -0.493 e. The maximum Gasteiger partial charge on any atom is 0.369 e. The van der Waals surface area contributed by atoms with Crippen molar-refractivity contribution in [3.63, 3.8) is 0 Å². The molecular formula is C16H16N2O4. The molecule has 0 atom stereocenters. The quantitative estimate of drug-likeness (QED) is 0.482. The van der Waals surface area contributed by atoms with E-state index in [1.165, 1.54) is 14.2 Å². The maximum absolute atomic E-state index is 12.1. The normalized spacial score (nSPS) is 11.0. The van der Waals surface area contributed by atoms with Gasteiger partial charge in [-0.2, -0.15) is 0 Å². The number of carbonyl (C=O) groups excluding carboxylic acids is 1. The summed E-state index contributed by atoms with van der Waals surface area (Å²) in [5.74, 6) is 0.120. The fraction of sp³-hybridized carbons (Fsp3) is 0.188. The minimum atomic E-state index is -0.633. The molecule has 6 nitrogen and oxygen atoms in total. The lowest BCUT2D eigenvalue weighted by molar-refractivity contribution is 0.0512. The van der Waals surface area contributed by atoms with Gasteiger partial charge in [0.25, 0.3) is 0 Å². The highest BCUT2D eigenvalue weighted by Gasteiger charge is 2.18. The monoisotopic (exact) mass is 300 g/mol. The van der Waals surface area contributed by atoms with Crippen molar-refractivity contribution in [1.29, 1.82) is 0 Å². The third-order valence-electron chi connectivity index (χ3n) is 2.92. The minimum absolute atomic E-state index is 0.236. The summed E-state index contributed by atoms with van der Waals surface area (Å²) in [5.41, 5.74) is 1.36. The number of para-hydroxylation sites is 1. The summed E-state index contributed by atoms with van der Waals surface area (Å²) in [6.07, 6.45) is 1.64. The fourth-order valence-corrected chi connectivity index (χ4v) is 1.83. The molecule has 0 amide bonds. The predicted octanol–water partition coefficient (Wildman–Crippen LogP) is 2.68. The topological polar surface area (TPSA) is 70.0 Å². The Kier molecular flexibility index (Phi) is 5.08. The second-order valence-corrected chi connectivity index (χ2v) is 4.31. The van der Waals surface area contributed by atoms with Gasteiger partial charge >= 0.3 is 5.97 Å². The Balaban J connectivity index is 2.20. The zero-order valence-corrected chi connectivity index (χ0v) is 12.6. The van der Waals surface area contributed by atoms with Crippen LogP contribution in [0.1, 0.15) is 23.0 Å². The number of hydrogen-bond acceptors (Lipinski definition) is 6. The van der Waals surface area contributed by atoms with E-state index in [1.807, 2.05) is 6.07 Å². The number of pyridine rings is 1. The lowest BCUT2D eigenvalue weighted by atomic mass is 10.2. The van der Waals surface area contributed by atoms with Crippen molar-refractivity contribution in [2.75, 3.05) is 14.2 Å². The molecule has 0 bridgehead atoms. The van der Waals surface area contributed by atoms with Crippen LogP contribution in [0.5, 0.6) is 11.5 Å². The van der Waals surface area contributed by atoms with E-state index < -0.39 is 5.97 Å². The molecule has 1 heterocycles. The Morgan fingerprint density at radius 3 is 2.55 bits per heavy atom. The van der Waals surface area contributed by atoms with E-state index >= 15 is 0 Å². The second-order valence-electron chi connectivity index (χ2n) is 4.31. The number of ether oxygens (including phenoxy) is 2. The molecule has 114 valence electrons.